The molecule has 5 rings (SSSR count). The number of amides is 1. The first kappa shape index (κ1) is 31.9. The van der Waals surface area contributed by atoms with E-state index in [1.807, 2.05) is 4.90 Å². The summed E-state index contributed by atoms with van der Waals surface area (Å²) >= 11 is 0. The number of aromatic nitrogens is 2. The fourth-order valence-electron chi connectivity index (χ4n) is 5.26. The SMILES string of the molecule is COc1ccc(CCC(=O)O)cc1-c1cnc(N2CCC2)nc1CN1C(=O)O[C@H](c2cc(C(F)(F)F)cc(C(F)(F)F)c2)[C@@H]1C. The predicted octanol–water partition coefficient (Wildman–Crippen LogP) is 6.50. The maximum atomic E-state index is 13.5. The van der Waals surface area contributed by atoms with Gasteiger partial charge < -0.3 is 19.5 Å². The zero-order chi connectivity index (χ0) is 32.7. The fourth-order valence-corrected chi connectivity index (χ4v) is 5.26. The Morgan fingerprint density at radius 1 is 1.04 bits per heavy atom. The molecule has 3 aromatic rings. The van der Waals surface area contributed by atoms with Crippen LogP contribution < -0.4 is 9.64 Å². The van der Waals surface area contributed by atoms with Gasteiger partial charge in [-0.05, 0) is 61.2 Å². The number of ether oxygens (including phenoxy) is 2. The van der Waals surface area contributed by atoms with Crippen LogP contribution in [0.5, 0.6) is 5.75 Å². The van der Waals surface area contributed by atoms with Gasteiger partial charge in [0.2, 0.25) is 5.95 Å². The van der Waals surface area contributed by atoms with Gasteiger partial charge >= 0.3 is 24.4 Å². The number of benzene rings is 2. The molecule has 2 fully saturated rings. The van der Waals surface area contributed by atoms with Gasteiger partial charge in [-0.2, -0.15) is 26.3 Å². The van der Waals surface area contributed by atoms with E-state index in [4.69, 9.17) is 19.6 Å². The lowest BCUT2D eigenvalue weighted by Crippen LogP contribution is -2.39. The molecule has 2 aliphatic rings. The van der Waals surface area contributed by atoms with E-state index in [2.05, 4.69) is 4.98 Å². The van der Waals surface area contributed by atoms with Crippen molar-refractivity contribution in [2.24, 2.45) is 0 Å². The molecule has 0 bridgehead atoms. The van der Waals surface area contributed by atoms with E-state index in [0.29, 0.717) is 59.3 Å². The van der Waals surface area contributed by atoms with Crippen molar-refractivity contribution in [3.63, 3.8) is 0 Å². The maximum Gasteiger partial charge on any atom is 0.416 e. The smallest absolute Gasteiger partial charge is 0.416 e. The Labute approximate surface area is 253 Å². The molecule has 2 atom stereocenters. The second-order valence-corrected chi connectivity index (χ2v) is 10.8. The molecular formula is C30H28F6N4O5. The number of hydrogen-bond donors (Lipinski definition) is 1. The van der Waals surface area contributed by atoms with Gasteiger partial charge in [-0.3, -0.25) is 9.69 Å². The fraction of sp³-hybridized carbons (Fsp3) is 0.400. The summed E-state index contributed by atoms with van der Waals surface area (Å²) in [5.74, 6) is -0.186. The Kier molecular flexibility index (Phi) is 8.55. The van der Waals surface area contributed by atoms with Gasteiger partial charge in [0.15, 0.2) is 0 Å². The van der Waals surface area contributed by atoms with Crippen LogP contribution in [0.3, 0.4) is 0 Å². The van der Waals surface area contributed by atoms with Gasteiger partial charge in [0.1, 0.15) is 11.9 Å². The number of carboxylic acids is 1. The summed E-state index contributed by atoms with van der Waals surface area (Å²) in [4.78, 5) is 36.5. The van der Waals surface area contributed by atoms with Crippen molar-refractivity contribution in [1.29, 1.82) is 0 Å². The lowest BCUT2D eigenvalue weighted by atomic mass is 9.97. The van der Waals surface area contributed by atoms with Gasteiger partial charge in [0.05, 0.1) is 36.5 Å². The predicted molar refractivity (Wildman–Crippen MR) is 147 cm³/mol. The van der Waals surface area contributed by atoms with Crippen LogP contribution in [0, 0.1) is 0 Å². The van der Waals surface area contributed by atoms with Gasteiger partial charge in [0, 0.05) is 36.8 Å². The quantitative estimate of drug-likeness (QED) is 0.265. The monoisotopic (exact) mass is 638 g/mol. The molecule has 2 aromatic carbocycles. The lowest BCUT2D eigenvalue weighted by Gasteiger charge is -2.31. The molecule has 240 valence electrons. The van der Waals surface area contributed by atoms with Crippen molar-refractivity contribution in [3.8, 4) is 16.9 Å². The van der Waals surface area contributed by atoms with E-state index in [1.54, 1.807) is 24.4 Å². The zero-order valence-electron chi connectivity index (χ0n) is 24.1. The maximum absolute atomic E-state index is 13.5. The van der Waals surface area contributed by atoms with Crippen molar-refractivity contribution >= 4 is 18.0 Å². The first-order chi connectivity index (χ1) is 21.2. The standard InChI is InChI=1S/C30H28F6N4O5/c1-16-26(18-11-19(29(31,32)33)13-20(12-18)30(34,35)36)45-28(43)40(16)15-23-22(14-37-27(38-23)39-8-3-9-39)21-10-17(5-7-25(41)42)4-6-24(21)44-2/h4,6,10-14,16,26H,3,5,7-9,15H2,1-2H3,(H,41,42)/t16-,26-/m0/s1. The molecule has 1 aromatic heterocycles. The Morgan fingerprint density at radius 2 is 1.71 bits per heavy atom. The van der Waals surface area contributed by atoms with Gasteiger partial charge in [-0.1, -0.05) is 6.07 Å². The summed E-state index contributed by atoms with van der Waals surface area (Å²) in [6.07, 6.45) is -9.94. The highest BCUT2D eigenvalue weighted by Gasteiger charge is 2.43. The molecule has 0 unspecified atom stereocenters. The zero-order valence-corrected chi connectivity index (χ0v) is 24.1. The van der Waals surface area contributed by atoms with Crippen LogP contribution in [0.2, 0.25) is 0 Å². The van der Waals surface area contributed by atoms with Crippen molar-refractivity contribution < 1.29 is 50.5 Å². The van der Waals surface area contributed by atoms with Crippen molar-refractivity contribution in [3.05, 3.63) is 70.5 Å². The molecule has 45 heavy (non-hydrogen) atoms. The molecule has 3 heterocycles. The third-order valence-electron chi connectivity index (χ3n) is 7.83. The van der Waals surface area contributed by atoms with Gasteiger partial charge in [-0.15, -0.1) is 0 Å². The Balaban J connectivity index is 1.53. The number of carboxylic acid groups (broad SMARTS) is 1. The summed E-state index contributed by atoms with van der Waals surface area (Å²) in [7, 11) is 1.44. The molecule has 0 spiro atoms. The van der Waals surface area contributed by atoms with Gasteiger partial charge in [0.25, 0.3) is 0 Å². The van der Waals surface area contributed by atoms with E-state index in [0.717, 1.165) is 6.42 Å². The number of carbonyl (C=O) groups excluding carboxylic acids is 1. The average Bonchev–Trinajstić information content (AvgIpc) is 3.22. The number of rotatable bonds is 9. The van der Waals surface area contributed by atoms with Crippen LogP contribution in [-0.4, -0.2) is 58.3 Å². The summed E-state index contributed by atoms with van der Waals surface area (Å²) in [6, 6.07) is 5.25. The van der Waals surface area contributed by atoms with Crippen LogP contribution >= 0.6 is 0 Å². The van der Waals surface area contributed by atoms with Crippen LogP contribution in [0.25, 0.3) is 11.1 Å². The summed E-state index contributed by atoms with van der Waals surface area (Å²) in [6.45, 7) is 2.65. The van der Waals surface area contributed by atoms with E-state index in [-0.39, 0.29) is 25.5 Å². The summed E-state index contributed by atoms with van der Waals surface area (Å²) in [5, 5.41) is 9.13. The molecule has 1 amide bonds. The highest BCUT2D eigenvalue weighted by Crippen LogP contribution is 2.42. The second kappa shape index (κ2) is 12.1. The highest BCUT2D eigenvalue weighted by atomic mass is 19.4. The minimum atomic E-state index is -5.07. The molecular weight excluding hydrogens is 610 g/mol. The molecule has 2 saturated heterocycles. The minimum Gasteiger partial charge on any atom is -0.496 e. The molecule has 1 N–H and O–H groups in total. The third kappa shape index (κ3) is 6.76. The van der Waals surface area contributed by atoms with E-state index in [1.165, 1.54) is 18.9 Å². The minimum absolute atomic E-state index is 0.0190. The molecule has 0 radical (unpaired) electrons. The number of hydrogen-bond acceptors (Lipinski definition) is 7. The molecule has 15 heteroatoms. The van der Waals surface area contributed by atoms with Crippen molar-refractivity contribution in [2.45, 2.75) is 57.2 Å². The van der Waals surface area contributed by atoms with Crippen molar-refractivity contribution in [2.75, 3.05) is 25.1 Å². The molecule has 9 nitrogen and oxygen atoms in total. The number of aryl methyl sites for hydroxylation is 1. The van der Waals surface area contributed by atoms with E-state index < -0.39 is 53.3 Å². The van der Waals surface area contributed by atoms with Gasteiger partial charge in [-0.25, -0.2) is 14.8 Å². The molecule has 0 saturated carbocycles. The summed E-state index contributed by atoms with van der Waals surface area (Å²) < 4.78 is 92.1. The highest BCUT2D eigenvalue weighted by molar-refractivity contribution is 5.75. The Bertz CT molecular complexity index is 1580. The third-order valence-corrected chi connectivity index (χ3v) is 7.83. The van der Waals surface area contributed by atoms with Crippen LogP contribution in [0.4, 0.5) is 37.1 Å². The summed E-state index contributed by atoms with van der Waals surface area (Å²) in [5.41, 5.74) is -1.51. The first-order valence-corrected chi connectivity index (χ1v) is 13.9. The average molecular weight is 639 g/mol. The van der Waals surface area contributed by atoms with Crippen LogP contribution in [0.1, 0.15) is 53.8 Å². The Morgan fingerprint density at radius 3 is 2.27 bits per heavy atom. The first-order valence-electron chi connectivity index (χ1n) is 13.9. The number of methoxy groups -OCH3 is 1. The number of halogens is 6. The van der Waals surface area contributed by atoms with Crippen LogP contribution in [-0.2, 0) is 34.8 Å². The normalized spacial score (nSPS) is 18.5. The Hall–Kier alpha value is -4.56. The van der Waals surface area contributed by atoms with Crippen LogP contribution in [0.15, 0.2) is 42.6 Å². The number of nitrogens with zero attached hydrogens (tertiary/aromatic N) is 4. The molecule has 0 aliphatic carbocycles. The van der Waals surface area contributed by atoms with Crippen molar-refractivity contribution in [1.82, 2.24) is 14.9 Å². The van der Waals surface area contributed by atoms with E-state index in [9.17, 15) is 35.9 Å². The number of anilines is 1. The lowest BCUT2D eigenvalue weighted by molar-refractivity contribution is -0.143. The topological polar surface area (TPSA) is 105 Å². The number of cyclic esters (lactones) is 1. The molecule has 2 aliphatic heterocycles. The number of aliphatic carboxylic acids is 1. The number of alkyl halides is 6. The van der Waals surface area contributed by atoms with E-state index >= 15 is 0 Å². The second-order valence-electron chi connectivity index (χ2n) is 10.8. The number of carbonyl (C=O) groups is 2. The largest absolute Gasteiger partial charge is 0.496 e.